The summed E-state index contributed by atoms with van der Waals surface area (Å²) in [5.41, 5.74) is -0.466. The van der Waals surface area contributed by atoms with Crippen LogP contribution >= 0.6 is 0 Å². The summed E-state index contributed by atoms with van der Waals surface area (Å²) < 4.78 is 17.8. The maximum absolute atomic E-state index is 12.4. The summed E-state index contributed by atoms with van der Waals surface area (Å²) in [4.78, 5) is 24.3. The van der Waals surface area contributed by atoms with Gasteiger partial charge in [-0.3, -0.25) is 4.79 Å². The zero-order valence-corrected chi connectivity index (χ0v) is 22.5. The predicted octanol–water partition coefficient (Wildman–Crippen LogP) is 2.73. The lowest BCUT2D eigenvalue weighted by molar-refractivity contribution is -0.170. The van der Waals surface area contributed by atoms with Gasteiger partial charge in [-0.1, -0.05) is 25.0 Å². The summed E-state index contributed by atoms with van der Waals surface area (Å²) in [5, 5.41) is 35.0. The third kappa shape index (κ3) is 3.34. The van der Waals surface area contributed by atoms with Crippen LogP contribution < -0.4 is 0 Å². The van der Waals surface area contributed by atoms with Crippen LogP contribution in [0.4, 0.5) is 0 Å². The van der Waals surface area contributed by atoms with Crippen molar-refractivity contribution in [3.8, 4) is 0 Å². The molecule has 2 saturated heterocycles. The number of hydrogen-bond acceptors (Lipinski definition) is 8. The van der Waals surface area contributed by atoms with Gasteiger partial charge in [0.05, 0.1) is 23.7 Å². The number of aliphatic hydroxyl groups is 3. The monoisotopic (exact) mass is 516 g/mol. The molecule has 0 bridgehead atoms. The highest BCUT2D eigenvalue weighted by Crippen LogP contribution is 2.66. The normalized spacial score (nSPS) is 47.8. The van der Waals surface area contributed by atoms with Crippen LogP contribution in [0, 0.1) is 23.2 Å². The van der Waals surface area contributed by atoms with Crippen molar-refractivity contribution in [2.45, 2.75) is 121 Å². The van der Waals surface area contributed by atoms with Crippen LogP contribution in [-0.4, -0.2) is 68.5 Å². The van der Waals surface area contributed by atoms with Gasteiger partial charge in [0.2, 0.25) is 0 Å². The average molecular weight is 517 g/mol. The second-order valence-corrected chi connectivity index (χ2v) is 13.3. The summed E-state index contributed by atoms with van der Waals surface area (Å²) >= 11 is 0. The fraction of sp³-hybridized carbons (Fsp3) is 0.793. The molecule has 0 aromatic heterocycles. The fourth-order valence-corrected chi connectivity index (χ4v) is 9.30. The van der Waals surface area contributed by atoms with Crippen molar-refractivity contribution in [3.05, 3.63) is 22.8 Å². The highest BCUT2D eigenvalue weighted by Gasteiger charge is 2.72. The van der Waals surface area contributed by atoms with Crippen molar-refractivity contribution in [1.82, 2.24) is 0 Å². The van der Waals surface area contributed by atoms with E-state index in [1.807, 2.05) is 6.92 Å². The highest BCUT2D eigenvalue weighted by molar-refractivity contribution is 5.90. The molecular formula is C29H40O8. The Hall–Kier alpha value is -1.74. The molecule has 3 N–H and O–H groups in total. The van der Waals surface area contributed by atoms with E-state index in [9.17, 15) is 24.9 Å². The van der Waals surface area contributed by atoms with E-state index in [4.69, 9.17) is 14.2 Å². The Balaban J connectivity index is 1.35. The van der Waals surface area contributed by atoms with Crippen LogP contribution in [0.2, 0.25) is 0 Å². The average Bonchev–Trinajstić information content (AvgIpc) is 3.40. The molecule has 2 saturated carbocycles. The SMILES string of the molecule is CC1=CC(C(O)C(C)C2=C3CCC4(O)CC56OC(=O)CC5OC(C)(C)C6CCC4C3(C)C(O)C2)OC1=O. The summed E-state index contributed by atoms with van der Waals surface area (Å²) in [6.45, 7) is 9.77. The van der Waals surface area contributed by atoms with Crippen molar-refractivity contribution < 1.29 is 39.1 Å². The minimum Gasteiger partial charge on any atom is -0.456 e. The van der Waals surface area contributed by atoms with Crippen molar-refractivity contribution in [2.24, 2.45) is 23.2 Å². The maximum Gasteiger partial charge on any atom is 0.334 e. The Labute approximate surface area is 218 Å². The van der Waals surface area contributed by atoms with Crippen LogP contribution in [0.1, 0.15) is 79.6 Å². The van der Waals surface area contributed by atoms with E-state index < -0.39 is 46.5 Å². The fourth-order valence-electron chi connectivity index (χ4n) is 9.30. The summed E-state index contributed by atoms with van der Waals surface area (Å²) in [7, 11) is 0. The van der Waals surface area contributed by atoms with Crippen LogP contribution in [0.15, 0.2) is 22.8 Å². The topological polar surface area (TPSA) is 123 Å². The Kier molecular flexibility index (Phi) is 5.45. The Bertz CT molecular complexity index is 1110. The van der Waals surface area contributed by atoms with Crippen molar-refractivity contribution in [1.29, 1.82) is 0 Å². The van der Waals surface area contributed by atoms with Gasteiger partial charge < -0.3 is 29.5 Å². The van der Waals surface area contributed by atoms with E-state index in [0.717, 1.165) is 17.6 Å². The summed E-state index contributed by atoms with van der Waals surface area (Å²) in [5.74, 6) is -1.24. The number of hydrogen-bond donors (Lipinski definition) is 3. The molecule has 204 valence electrons. The van der Waals surface area contributed by atoms with Gasteiger partial charge in [-0.25, -0.2) is 4.79 Å². The molecule has 0 amide bonds. The molecule has 3 aliphatic heterocycles. The lowest BCUT2D eigenvalue weighted by Gasteiger charge is -2.53. The minimum absolute atomic E-state index is 0.0343. The second kappa shape index (κ2) is 7.90. The van der Waals surface area contributed by atoms with Crippen molar-refractivity contribution >= 4 is 11.9 Å². The Morgan fingerprint density at radius 3 is 2.49 bits per heavy atom. The third-order valence-corrected chi connectivity index (χ3v) is 11.1. The van der Waals surface area contributed by atoms with E-state index >= 15 is 0 Å². The first kappa shape index (κ1) is 25.5. The second-order valence-electron chi connectivity index (χ2n) is 13.3. The number of esters is 2. The molecule has 6 aliphatic rings. The molecule has 37 heavy (non-hydrogen) atoms. The number of fused-ring (bicyclic) bond motifs is 3. The van der Waals surface area contributed by atoms with Crippen LogP contribution in [0.25, 0.3) is 0 Å². The Morgan fingerprint density at radius 2 is 1.81 bits per heavy atom. The third-order valence-electron chi connectivity index (χ3n) is 11.1. The van der Waals surface area contributed by atoms with Crippen LogP contribution in [0.5, 0.6) is 0 Å². The van der Waals surface area contributed by atoms with E-state index in [1.54, 1.807) is 13.0 Å². The molecule has 6 rings (SSSR count). The first-order valence-corrected chi connectivity index (χ1v) is 13.8. The Morgan fingerprint density at radius 1 is 1.11 bits per heavy atom. The summed E-state index contributed by atoms with van der Waals surface area (Å²) in [6, 6.07) is 0. The van der Waals surface area contributed by atoms with E-state index in [2.05, 4.69) is 20.8 Å². The molecule has 4 fully saturated rings. The van der Waals surface area contributed by atoms with E-state index in [0.29, 0.717) is 37.7 Å². The van der Waals surface area contributed by atoms with E-state index in [1.165, 1.54) is 0 Å². The molecule has 3 aliphatic carbocycles. The first-order valence-electron chi connectivity index (χ1n) is 13.8. The van der Waals surface area contributed by atoms with Gasteiger partial charge in [-0.2, -0.15) is 0 Å². The zero-order valence-electron chi connectivity index (χ0n) is 22.5. The number of carbonyl (C=O) groups excluding carboxylic acids is 2. The van der Waals surface area contributed by atoms with Gasteiger partial charge >= 0.3 is 11.9 Å². The van der Waals surface area contributed by atoms with Gasteiger partial charge in [0.15, 0.2) is 0 Å². The molecule has 3 heterocycles. The number of aliphatic hydroxyl groups excluding tert-OH is 2. The predicted molar refractivity (Wildman–Crippen MR) is 132 cm³/mol. The minimum atomic E-state index is -1.11. The van der Waals surface area contributed by atoms with Crippen molar-refractivity contribution in [2.75, 3.05) is 0 Å². The highest BCUT2D eigenvalue weighted by atomic mass is 16.6. The molecule has 10 unspecified atom stereocenters. The largest absolute Gasteiger partial charge is 0.456 e. The van der Waals surface area contributed by atoms with Gasteiger partial charge in [0.25, 0.3) is 0 Å². The molecule has 0 aromatic carbocycles. The van der Waals surface area contributed by atoms with Crippen molar-refractivity contribution in [3.63, 3.8) is 0 Å². The zero-order chi connectivity index (χ0) is 26.7. The molecule has 8 heteroatoms. The van der Waals surface area contributed by atoms with Crippen LogP contribution in [-0.2, 0) is 23.8 Å². The summed E-state index contributed by atoms with van der Waals surface area (Å²) in [6.07, 6.45) is 2.45. The standard InChI is InChI=1S/C29H40O8/c1-14-10-18(35-25(14)33)24(32)15(2)16-11-21(30)27(5)17(16)8-9-28(34)13-29-19(6-7-20(27)28)26(3,4)36-22(29)12-23(31)37-29/h10,15,18-22,24,30,32,34H,6-9,11-13H2,1-5H3. The van der Waals surface area contributed by atoms with Gasteiger partial charge in [0, 0.05) is 29.2 Å². The number of rotatable bonds is 3. The smallest absolute Gasteiger partial charge is 0.334 e. The lowest BCUT2D eigenvalue weighted by atomic mass is 9.55. The molecule has 0 radical (unpaired) electrons. The van der Waals surface area contributed by atoms with Gasteiger partial charge in [-0.05, 0) is 64.9 Å². The molecule has 8 nitrogen and oxygen atoms in total. The van der Waals surface area contributed by atoms with Gasteiger partial charge in [0.1, 0.15) is 23.9 Å². The molecule has 0 aromatic rings. The number of cyclic esters (lactones) is 1. The lowest BCUT2D eigenvalue weighted by Crippen LogP contribution is -2.57. The number of ether oxygens (including phenoxy) is 3. The molecule has 1 spiro atoms. The molecule has 10 atom stereocenters. The number of carbonyl (C=O) groups is 2. The van der Waals surface area contributed by atoms with E-state index in [-0.39, 0.29) is 36.2 Å². The molecular weight excluding hydrogens is 476 g/mol. The van der Waals surface area contributed by atoms with Crippen LogP contribution in [0.3, 0.4) is 0 Å². The first-order chi connectivity index (χ1) is 17.2. The maximum atomic E-state index is 12.4. The van der Waals surface area contributed by atoms with Gasteiger partial charge in [-0.15, -0.1) is 0 Å². The quantitative estimate of drug-likeness (QED) is 0.387.